The first-order valence-electron chi connectivity index (χ1n) is 44.1. The van der Waals surface area contributed by atoms with Crippen LogP contribution in [0, 0.1) is 0 Å². The van der Waals surface area contributed by atoms with E-state index in [-0.39, 0.29) is 18.9 Å². The molecule has 620 valence electrons. The van der Waals surface area contributed by atoms with Gasteiger partial charge < -0.3 is 89.9 Å². The van der Waals surface area contributed by atoms with Gasteiger partial charge in [0.15, 0.2) is 18.9 Å². The standard InChI is InChI=1S/C86H163NO18/c1-3-5-7-9-11-13-15-17-19-21-23-25-27-28-29-30-31-32-33-34-35-36-37-38-39-40-41-42-44-46-48-50-52-54-56-58-60-62-64-74(92)87-69(70(91)63-61-59-57-55-53-51-49-47-45-43-26-24-22-20-18-16-14-12-10-8-6-4-2)68-100-84-80(98)77(95)82(72(66-89)102-84)105-86-81(99)78(96)83(73(67-90)103-86)104-85-79(97)76(94)75(93)71(65-88)101-85/h53,55,61,63,69-73,75-86,88-91,93-99H,3-52,54,56-60,62,64-68H2,1-2H3,(H,87,92)/b55-53+,63-61+. The zero-order valence-electron chi connectivity index (χ0n) is 66.7. The highest BCUT2D eigenvalue weighted by Gasteiger charge is 2.54. The fraction of sp³-hybridized carbons (Fsp3) is 0.942. The summed E-state index contributed by atoms with van der Waals surface area (Å²) in [6.45, 7) is 1.79. The van der Waals surface area contributed by atoms with Crippen LogP contribution < -0.4 is 5.32 Å². The fourth-order valence-corrected chi connectivity index (χ4v) is 15.2. The van der Waals surface area contributed by atoms with E-state index in [0.29, 0.717) is 12.8 Å². The van der Waals surface area contributed by atoms with Gasteiger partial charge >= 0.3 is 0 Å². The lowest BCUT2D eigenvalue weighted by Gasteiger charge is -2.48. The maximum absolute atomic E-state index is 13.5. The average molecular weight is 1500 g/mol. The van der Waals surface area contributed by atoms with Crippen LogP contribution in [0.4, 0.5) is 0 Å². The summed E-state index contributed by atoms with van der Waals surface area (Å²) in [6, 6.07) is -0.989. The fourth-order valence-electron chi connectivity index (χ4n) is 15.2. The van der Waals surface area contributed by atoms with Crippen LogP contribution in [0.5, 0.6) is 0 Å². The number of aliphatic hydroxyl groups is 11. The van der Waals surface area contributed by atoms with E-state index in [1.54, 1.807) is 6.08 Å². The van der Waals surface area contributed by atoms with E-state index in [1.807, 2.05) is 6.08 Å². The smallest absolute Gasteiger partial charge is 0.220 e. The zero-order chi connectivity index (χ0) is 76.0. The van der Waals surface area contributed by atoms with Gasteiger partial charge in [-0.15, -0.1) is 0 Å². The van der Waals surface area contributed by atoms with Crippen LogP contribution in [0.3, 0.4) is 0 Å². The summed E-state index contributed by atoms with van der Waals surface area (Å²) in [4.78, 5) is 13.5. The number of rotatable bonds is 72. The Hall–Kier alpha value is -1.73. The first-order chi connectivity index (χ1) is 51.3. The van der Waals surface area contributed by atoms with Crippen molar-refractivity contribution in [3.05, 3.63) is 24.3 Å². The van der Waals surface area contributed by atoms with Crippen LogP contribution in [0.2, 0.25) is 0 Å². The molecule has 0 aromatic rings. The third kappa shape index (κ3) is 46.1. The van der Waals surface area contributed by atoms with Gasteiger partial charge in [0.25, 0.3) is 0 Å². The minimum absolute atomic E-state index is 0.241. The number of nitrogens with one attached hydrogen (secondary N) is 1. The van der Waals surface area contributed by atoms with Crippen molar-refractivity contribution in [1.29, 1.82) is 0 Å². The monoisotopic (exact) mass is 1500 g/mol. The van der Waals surface area contributed by atoms with Crippen molar-refractivity contribution >= 4 is 5.91 Å². The van der Waals surface area contributed by atoms with Gasteiger partial charge in [-0.1, -0.05) is 372 Å². The van der Waals surface area contributed by atoms with Crippen LogP contribution >= 0.6 is 0 Å². The van der Waals surface area contributed by atoms with Gasteiger partial charge in [-0.25, -0.2) is 0 Å². The van der Waals surface area contributed by atoms with Crippen molar-refractivity contribution in [2.24, 2.45) is 0 Å². The summed E-state index contributed by atoms with van der Waals surface area (Å²) in [5.74, 6) is -0.276. The molecule has 19 nitrogen and oxygen atoms in total. The maximum atomic E-state index is 13.5. The lowest BCUT2D eigenvalue weighted by molar-refractivity contribution is -0.379. The highest BCUT2D eigenvalue weighted by molar-refractivity contribution is 5.76. The normalized spacial score (nSPS) is 25.8. The molecule has 0 aliphatic carbocycles. The first kappa shape index (κ1) is 97.5. The van der Waals surface area contributed by atoms with E-state index in [2.05, 4.69) is 31.3 Å². The molecule has 3 rings (SSSR count). The summed E-state index contributed by atoms with van der Waals surface area (Å²) in [5, 5.41) is 121. The van der Waals surface area contributed by atoms with E-state index in [0.717, 1.165) is 38.5 Å². The Morgan fingerprint density at radius 3 is 0.952 bits per heavy atom. The first-order valence-corrected chi connectivity index (χ1v) is 44.1. The number of carbonyl (C=O) groups excluding carboxylic acids is 1. The Labute approximate surface area is 638 Å². The number of allylic oxidation sites excluding steroid dienone is 3. The molecule has 17 unspecified atom stereocenters. The summed E-state index contributed by atoms with van der Waals surface area (Å²) in [7, 11) is 0. The van der Waals surface area contributed by atoms with Crippen molar-refractivity contribution in [3.8, 4) is 0 Å². The SMILES string of the molecule is CCCCCCCCCCCCCCCCCC/C=C/CC/C=C/C(O)C(COC1OC(CO)C(OC2OC(CO)C(OC3OC(CO)C(O)C(O)C3O)C(O)C2O)C(O)C1O)NC(=O)CCCCCCCCCCCCCCCCCCCCCCCCCCCCCCCCCCCCCCCC. The molecule has 3 heterocycles. The summed E-state index contributed by atoms with van der Waals surface area (Å²) in [6.07, 6.45) is 56.4. The van der Waals surface area contributed by atoms with Crippen LogP contribution in [0.25, 0.3) is 0 Å². The number of carbonyl (C=O) groups is 1. The number of aliphatic hydroxyl groups excluding tert-OH is 11. The summed E-state index contributed by atoms with van der Waals surface area (Å²) >= 11 is 0. The Bertz CT molecular complexity index is 1990. The van der Waals surface area contributed by atoms with E-state index in [1.165, 1.54) is 315 Å². The number of hydrogen-bond acceptors (Lipinski definition) is 18. The van der Waals surface area contributed by atoms with Crippen LogP contribution in [0.1, 0.15) is 386 Å². The van der Waals surface area contributed by atoms with Gasteiger partial charge in [0.2, 0.25) is 5.91 Å². The molecule has 17 atom stereocenters. The van der Waals surface area contributed by atoms with Gasteiger partial charge in [-0.05, 0) is 32.1 Å². The molecule has 0 aromatic heterocycles. The predicted molar refractivity (Wildman–Crippen MR) is 420 cm³/mol. The van der Waals surface area contributed by atoms with Crippen LogP contribution in [0.15, 0.2) is 24.3 Å². The molecule has 12 N–H and O–H groups in total. The minimum atomic E-state index is -1.98. The predicted octanol–water partition coefficient (Wildman–Crippen LogP) is 16.1. The Morgan fingerprint density at radius 2 is 0.610 bits per heavy atom. The van der Waals surface area contributed by atoms with Gasteiger partial charge in [0, 0.05) is 6.42 Å². The van der Waals surface area contributed by atoms with Crippen molar-refractivity contribution in [2.75, 3.05) is 26.4 Å². The molecule has 3 aliphatic heterocycles. The van der Waals surface area contributed by atoms with Crippen molar-refractivity contribution in [3.63, 3.8) is 0 Å². The van der Waals surface area contributed by atoms with Gasteiger partial charge in [0.1, 0.15) is 73.2 Å². The molecule has 105 heavy (non-hydrogen) atoms. The molecule has 0 spiro atoms. The van der Waals surface area contributed by atoms with Crippen LogP contribution in [-0.4, -0.2) is 193 Å². The number of hydrogen-bond donors (Lipinski definition) is 12. The molecule has 0 bridgehead atoms. The third-order valence-electron chi connectivity index (χ3n) is 22.3. The molecule has 0 radical (unpaired) electrons. The molecule has 3 fully saturated rings. The number of amides is 1. The number of ether oxygens (including phenoxy) is 6. The molecule has 1 amide bonds. The highest BCUT2D eigenvalue weighted by atomic mass is 16.8. The zero-order valence-corrected chi connectivity index (χ0v) is 66.7. The van der Waals surface area contributed by atoms with Gasteiger partial charge in [-0.3, -0.25) is 4.79 Å². The Morgan fingerprint density at radius 1 is 0.333 bits per heavy atom. The average Bonchev–Trinajstić information content (AvgIpc) is 0.778. The lowest BCUT2D eigenvalue weighted by atomic mass is 9.96. The summed E-state index contributed by atoms with van der Waals surface area (Å²) < 4.78 is 34.5. The Kier molecular flexibility index (Phi) is 62.0. The van der Waals surface area contributed by atoms with Crippen molar-refractivity contribution < 1.29 is 89.4 Å². The molecule has 3 aliphatic rings. The lowest BCUT2D eigenvalue weighted by Crippen LogP contribution is -2.66. The molecule has 0 saturated carbocycles. The van der Waals surface area contributed by atoms with E-state index < -0.39 is 124 Å². The molecule has 3 saturated heterocycles. The van der Waals surface area contributed by atoms with E-state index >= 15 is 0 Å². The van der Waals surface area contributed by atoms with Gasteiger partial charge in [-0.2, -0.15) is 0 Å². The number of unbranched alkanes of at least 4 members (excludes halogenated alkanes) is 54. The van der Waals surface area contributed by atoms with E-state index in [9.17, 15) is 61.0 Å². The van der Waals surface area contributed by atoms with Crippen molar-refractivity contribution in [1.82, 2.24) is 5.32 Å². The molecule has 0 aromatic carbocycles. The second-order valence-corrected chi connectivity index (χ2v) is 31.7. The van der Waals surface area contributed by atoms with Crippen LogP contribution in [-0.2, 0) is 33.2 Å². The van der Waals surface area contributed by atoms with E-state index in [4.69, 9.17) is 28.4 Å². The van der Waals surface area contributed by atoms with Gasteiger partial charge in [0.05, 0.1) is 38.6 Å². The highest BCUT2D eigenvalue weighted by Crippen LogP contribution is 2.34. The largest absolute Gasteiger partial charge is 0.394 e. The third-order valence-corrected chi connectivity index (χ3v) is 22.3. The second-order valence-electron chi connectivity index (χ2n) is 31.7. The molecular formula is C86H163NO18. The van der Waals surface area contributed by atoms with Crippen molar-refractivity contribution in [2.45, 2.75) is 491 Å². The summed E-state index contributed by atoms with van der Waals surface area (Å²) in [5.41, 5.74) is 0. The second kappa shape index (κ2) is 66.8. The minimum Gasteiger partial charge on any atom is -0.394 e. The maximum Gasteiger partial charge on any atom is 0.220 e. The molecule has 19 heteroatoms. The Balaban J connectivity index is 1.31. The topological polar surface area (TPSA) is 307 Å². The molecular weight excluding hydrogens is 1330 g/mol. The quantitative estimate of drug-likeness (QED) is 0.0199.